The molecule has 0 saturated carbocycles. The molecule has 152 valence electrons. The molecule has 0 unspecified atom stereocenters. The molecule has 2 aromatic heterocycles. The summed E-state index contributed by atoms with van der Waals surface area (Å²) in [7, 11) is 0. The Morgan fingerprint density at radius 3 is 2.45 bits per heavy atom. The summed E-state index contributed by atoms with van der Waals surface area (Å²) in [6.07, 6.45) is 2.22. The zero-order valence-electron chi connectivity index (χ0n) is 18.2. The highest BCUT2D eigenvalue weighted by atomic mass is 32.2. The van der Waals surface area contributed by atoms with Gasteiger partial charge in [-0.25, -0.2) is 4.98 Å². The summed E-state index contributed by atoms with van der Waals surface area (Å²) < 4.78 is 5.93. The van der Waals surface area contributed by atoms with E-state index in [9.17, 15) is 5.26 Å². The van der Waals surface area contributed by atoms with Crippen molar-refractivity contribution >= 4 is 23.0 Å². The van der Waals surface area contributed by atoms with Gasteiger partial charge in [0.15, 0.2) is 0 Å². The van der Waals surface area contributed by atoms with E-state index in [-0.39, 0.29) is 10.2 Å². The molecule has 4 nitrogen and oxygen atoms in total. The van der Waals surface area contributed by atoms with Crippen LogP contribution in [0.15, 0.2) is 42.6 Å². The van der Waals surface area contributed by atoms with Gasteiger partial charge in [-0.1, -0.05) is 50.9 Å². The van der Waals surface area contributed by atoms with Crippen molar-refractivity contribution in [1.82, 2.24) is 14.3 Å². The summed E-state index contributed by atoms with van der Waals surface area (Å²) in [5.74, 6) is 0. The first kappa shape index (κ1) is 21.4. The van der Waals surface area contributed by atoms with Crippen LogP contribution in [0.3, 0.4) is 0 Å². The van der Waals surface area contributed by atoms with E-state index in [1.165, 1.54) is 5.56 Å². The van der Waals surface area contributed by atoms with E-state index in [0.29, 0.717) is 5.56 Å². The Labute approximate surface area is 178 Å². The van der Waals surface area contributed by atoms with E-state index in [2.05, 4.69) is 69.2 Å². The number of rotatable bonds is 5. The maximum absolute atomic E-state index is 9.47. The minimum Gasteiger partial charge on any atom is -0.332 e. The molecule has 3 rings (SSSR count). The monoisotopic (exact) mass is 406 g/mol. The molecule has 0 atom stereocenters. The van der Waals surface area contributed by atoms with Crippen LogP contribution in [-0.2, 0) is 13.1 Å². The zero-order valence-corrected chi connectivity index (χ0v) is 19.0. The molecule has 1 aromatic carbocycles. The summed E-state index contributed by atoms with van der Waals surface area (Å²) in [6, 6.07) is 14.1. The van der Waals surface area contributed by atoms with E-state index in [4.69, 9.17) is 4.98 Å². The lowest BCUT2D eigenvalue weighted by molar-refractivity contribution is 0.348. The third kappa shape index (κ3) is 5.41. The summed E-state index contributed by atoms with van der Waals surface area (Å²) in [5, 5.41) is 10.6. The smallest absolute Gasteiger partial charge is 0.140 e. The molecule has 3 aromatic rings. The number of hydrogen-bond donors (Lipinski definition) is 1. The minimum atomic E-state index is 0.138. The SMILES string of the molecule is CC(C)(C)Cn1cc(CNSC(C)(C)C)c2ccc(-c3ccccc3C#N)nc21. The Kier molecular flexibility index (Phi) is 6.07. The van der Waals surface area contributed by atoms with Crippen LogP contribution in [0.25, 0.3) is 22.3 Å². The molecule has 0 fully saturated rings. The molecule has 29 heavy (non-hydrogen) atoms. The van der Waals surface area contributed by atoms with Crippen LogP contribution in [0.5, 0.6) is 0 Å². The molecule has 0 saturated heterocycles. The molecule has 1 N–H and O–H groups in total. The van der Waals surface area contributed by atoms with Crippen LogP contribution in [0.1, 0.15) is 52.7 Å². The van der Waals surface area contributed by atoms with Gasteiger partial charge >= 0.3 is 0 Å². The van der Waals surface area contributed by atoms with Crippen molar-refractivity contribution in [2.75, 3.05) is 0 Å². The van der Waals surface area contributed by atoms with Crippen molar-refractivity contribution in [1.29, 1.82) is 5.26 Å². The topological polar surface area (TPSA) is 53.6 Å². The van der Waals surface area contributed by atoms with E-state index < -0.39 is 0 Å². The van der Waals surface area contributed by atoms with Gasteiger partial charge in [0, 0.05) is 35.0 Å². The molecule has 2 heterocycles. The Hall–Kier alpha value is -2.29. The lowest BCUT2D eigenvalue weighted by atomic mass is 9.97. The fourth-order valence-corrected chi connectivity index (χ4v) is 3.95. The molecular weight excluding hydrogens is 376 g/mol. The van der Waals surface area contributed by atoms with E-state index in [0.717, 1.165) is 35.4 Å². The Bertz CT molecular complexity index is 1050. The van der Waals surface area contributed by atoms with Gasteiger partial charge in [0.25, 0.3) is 0 Å². The van der Waals surface area contributed by atoms with Crippen LogP contribution in [0.4, 0.5) is 0 Å². The third-order valence-corrected chi connectivity index (χ3v) is 5.31. The van der Waals surface area contributed by atoms with Crippen LogP contribution in [0.2, 0.25) is 0 Å². The second kappa shape index (κ2) is 8.22. The molecular formula is C24H30N4S. The molecule has 0 aliphatic carbocycles. The molecule has 0 amide bonds. The van der Waals surface area contributed by atoms with Crippen LogP contribution in [0, 0.1) is 16.7 Å². The van der Waals surface area contributed by atoms with Crippen LogP contribution < -0.4 is 4.72 Å². The number of hydrogen-bond acceptors (Lipinski definition) is 4. The number of pyridine rings is 1. The number of benzene rings is 1. The fourth-order valence-electron chi connectivity index (χ4n) is 3.29. The standard InChI is InChI=1S/C24H30N4S/c1-23(2,3)16-28-15-18(14-26-29-24(4,5)6)20-11-12-21(27-22(20)28)19-10-8-7-9-17(19)13-25/h7-12,15,26H,14,16H2,1-6H3. The van der Waals surface area contributed by atoms with Gasteiger partial charge in [0.05, 0.1) is 17.3 Å². The number of aromatic nitrogens is 2. The average molecular weight is 407 g/mol. The second-order valence-electron chi connectivity index (χ2n) is 9.60. The number of fused-ring (bicyclic) bond motifs is 1. The van der Waals surface area contributed by atoms with Crippen molar-refractivity contribution in [3.05, 3.63) is 53.7 Å². The lowest BCUT2D eigenvalue weighted by Crippen LogP contribution is -2.17. The maximum atomic E-state index is 9.47. The first-order chi connectivity index (χ1) is 13.6. The van der Waals surface area contributed by atoms with Gasteiger partial charge < -0.3 is 4.57 Å². The van der Waals surface area contributed by atoms with Crippen molar-refractivity contribution in [2.45, 2.75) is 59.4 Å². The lowest BCUT2D eigenvalue weighted by Gasteiger charge is -2.19. The van der Waals surface area contributed by atoms with Gasteiger partial charge in [0.2, 0.25) is 0 Å². The highest BCUT2D eigenvalue weighted by Gasteiger charge is 2.18. The highest BCUT2D eigenvalue weighted by molar-refractivity contribution is 7.98. The van der Waals surface area contributed by atoms with Crippen molar-refractivity contribution in [3.63, 3.8) is 0 Å². The zero-order chi connectivity index (χ0) is 21.2. The molecule has 0 radical (unpaired) electrons. The fraction of sp³-hybridized carbons (Fsp3) is 0.417. The van der Waals surface area contributed by atoms with Crippen molar-refractivity contribution < 1.29 is 0 Å². The minimum absolute atomic E-state index is 0.138. The van der Waals surface area contributed by atoms with Gasteiger partial charge in [-0.2, -0.15) is 5.26 Å². The summed E-state index contributed by atoms with van der Waals surface area (Å²) in [4.78, 5) is 4.99. The van der Waals surface area contributed by atoms with E-state index in [1.54, 1.807) is 11.9 Å². The Balaban J connectivity index is 2.05. The summed E-state index contributed by atoms with van der Waals surface area (Å²) >= 11 is 1.75. The third-order valence-electron chi connectivity index (χ3n) is 4.41. The number of nitrogens with one attached hydrogen (secondary N) is 1. The average Bonchev–Trinajstić information content (AvgIpc) is 2.96. The largest absolute Gasteiger partial charge is 0.332 e. The van der Waals surface area contributed by atoms with Gasteiger partial charge in [-0.15, -0.1) is 0 Å². The predicted octanol–water partition coefficient (Wildman–Crippen LogP) is 6.16. The van der Waals surface area contributed by atoms with Gasteiger partial charge in [0.1, 0.15) is 5.65 Å². The van der Waals surface area contributed by atoms with Crippen LogP contribution >= 0.6 is 11.9 Å². The molecule has 0 bridgehead atoms. The molecule has 0 aliphatic rings. The molecule has 5 heteroatoms. The Morgan fingerprint density at radius 1 is 1.07 bits per heavy atom. The summed E-state index contributed by atoms with van der Waals surface area (Å²) in [6.45, 7) is 15.0. The highest BCUT2D eigenvalue weighted by Crippen LogP contribution is 2.29. The van der Waals surface area contributed by atoms with E-state index in [1.807, 2.05) is 30.3 Å². The van der Waals surface area contributed by atoms with Gasteiger partial charge in [-0.05, 0) is 49.9 Å². The summed E-state index contributed by atoms with van der Waals surface area (Å²) in [5.41, 5.74) is 4.72. The first-order valence-electron chi connectivity index (χ1n) is 9.96. The number of nitrogens with zero attached hydrogens (tertiary/aromatic N) is 3. The van der Waals surface area contributed by atoms with E-state index >= 15 is 0 Å². The normalized spacial score (nSPS) is 12.3. The Morgan fingerprint density at radius 2 is 1.79 bits per heavy atom. The molecule has 0 spiro atoms. The van der Waals surface area contributed by atoms with Crippen LogP contribution in [-0.4, -0.2) is 14.3 Å². The second-order valence-corrected chi connectivity index (χ2v) is 11.3. The predicted molar refractivity (Wildman–Crippen MR) is 124 cm³/mol. The quantitative estimate of drug-likeness (QED) is 0.516. The first-order valence-corrected chi connectivity index (χ1v) is 10.8. The van der Waals surface area contributed by atoms with Gasteiger partial charge in [-0.3, -0.25) is 4.72 Å². The number of nitriles is 1. The van der Waals surface area contributed by atoms with Crippen molar-refractivity contribution in [3.8, 4) is 17.3 Å². The molecule has 0 aliphatic heterocycles. The maximum Gasteiger partial charge on any atom is 0.140 e. The van der Waals surface area contributed by atoms with Crippen molar-refractivity contribution in [2.24, 2.45) is 5.41 Å².